The van der Waals surface area contributed by atoms with Gasteiger partial charge in [-0.15, -0.1) is 0 Å². The lowest BCUT2D eigenvalue weighted by Crippen LogP contribution is -2.32. The minimum absolute atomic E-state index is 0.0585. The number of thioether (sulfide) groups is 1. The van der Waals surface area contributed by atoms with E-state index in [4.69, 9.17) is 9.47 Å². The summed E-state index contributed by atoms with van der Waals surface area (Å²) in [5, 5.41) is 1.69. The number of carbonyl (C=O) groups excluding carboxylic acids is 2. The van der Waals surface area contributed by atoms with Crippen molar-refractivity contribution in [1.82, 2.24) is 4.90 Å². The lowest BCUT2D eigenvalue weighted by molar-refractivity contribution is -0.123. The largest absolute Gasteiger partial charge is 0.491 e. The first-order valence-electron chi connectivity index (χ1n) is 11.6. The molecule has 38 heavy (non-hydrogen) atoms. The van der Waals surface area contributed by atoms with Gasteiger partial charge in [-0.05, 0) is 84.9 Å². The standard InChI is InChI=1S/C29H20Br2FNO4S/c30-22-14-18(15-23(31)27(22)37-17-20-7-2-4-10-24(20)32)16-26-28(34)33(29(35)38-26)12-13-36-25-11-5-8-19-6-1-3-9-21(19)25/h1-11,14-16H,12-13,17H2/b26-16-. The van der Waals surface area contributed by atoms with Crippen LogP contribution < -0.4 is 9.47 Å². The quantitative estimate of drug-likeness (QED) is 0.179. The van der Waals surface area contributed by atoms with Gasteiger partial charge in [0.2, 0.25) is 0 Å². The Hall–Kier alpha value is -3.14. The molecule has 0 bridgehead atoms. The Labute approximate surface area is 239 Å². The molecule has 1 aliphatic rings. The second-order valence-electron chi connectivity index (χ2n) is 8.35. The summed E-state index contributed by atoms with van der Waals surface area (Å²) in [6.45, 7) is 0.384. The highest BCUT2D eigenvalue weighted by molar-refractivity contribution is 9.11. The minimum atomic E-state index is -0.367. The number of halogens is 3. The first kappa shape index (κ1) is 26.5. The zero-order valence-electron chi connectivity index (χ0n) is 19.8. The van der Waals surface area contributed by atoms with Gasteiger partial charge in [0.05, 0.1) is 20.4 Å². The molecule has 0 aliphatic carbocycles. The summed E-state index contributed by atoms with van der Waals surface area (Å²) in [5.74, 6) is 0.505. The summed E-state index contributed by atoms with van der Waals surface area (Å²) >= 11 is 7.87. The predicted octanol–water partition coefficient (Wildman–Crippen LogP) is 8.20. The van der Waals surface area contributed by atoms with Crippen LogP contribution in [0.2, 0.25) is 0 Å². The number of imide groups is 1. The number of nitrogens with zero attached hydrogens (tertiary/aromatic N) is 1. The number of hydrogen-bond acceptors (Lipinski definition) is 5. The molecule has 1 heterocycles. The maximum absolute atomic E-state index is 13.9. The highest BCUT2D eigenvalue weighted by Crippen LogP contribution is 2.38. The van der Waals surface area contributed by atoms with Crippen LogP contribution in [-0.4, -0.2) is 29.2 Å². The van der Waals surface area contributed by atoms with Gasteiger partial charge in [-0.1, -0.05) is 54.6 Å². The van der Waals surface area contributed by atoms with Gasteiger partial charge in [0.15, 0.2) is 0 Å². The van der Waals surface area contributed by atoms with Crippen LogP contribution in [0.1, 0.15) is 11.1 Å². The van der Waals surface area contributed by atoms with Gasteiger partial charge in [-0.25, -0.2) is 4.39 Å². The fourth-order valence-corrected chi connectivity index (χ4v) is 6.29. The summed E-state index contributed by atoms with van der Waals surface area (Å²) in [4.78, 5) is 27.1. The molecule has 0 N–H and O–H groups in total. The Morgan fingerprint density at radius 2 is 1.61 bits per heavy atom. The van der Waals surface area contributed by atoms with Crippen molar-refractivity contribution in [2.75, 3.05) is 13.2 Å². The van der Waals surface area contributed by atoms with Crippen molar-refractivity contribution in [3.05, 3.63) is 110 Å². The van der Waals surface area contributed by atoms with Crippen LogP contribution >= 0.6 is 43.6 Å². The van der Waals surface area contributed by atoms with Crippen LogP contribution in [-0.2, 0) is 11.4 Å². The zero-order valence-corrected chi connectivity index (χ0v) is 23.8. The summed E-state index contributed by atoms with van der Waals surface area (Å²) in [6.07, 6.45) is 1.66. The molecule has 5 rings (SSSR count). The fourth-order valence-electron chi connectivity index (χ4n) is 3.98. The van der Waals surface area contributed by atoms with Crippen molar-refractivity contribution in [2.45, 2.75) is 6.61 Å². The van der Waals surface area contributed by atoms with Gasteiger partial charge in [-0.3, -0.25) is 14.5 Å². The van der Waals surface area contributed by atoms with Gasteiger partial charge in [-0.2, -0.15) is 0 Å². The number of amides is 2. The van der Waals surface area contributed by atoms with Gasteiger partial charge >= 0.3 is 0 Å². The van der Waals surface area contributed by atoms with Crippen molar-refractivity contribution in [3.63, 3.8) is 0 Å². The van der Waals surface area contributed by atoms with Crippen molar-refractivity contribution in [3.8, 4) is 11.5 Å². The van der Waals surface area contributed by atoms with Crippen molar-refractivity contribution < 1.29 is 23.5 Å². The van der Waals surface area contributed by atoms with E-state index in [1.54, 1.807) is 36.4 Å². The molecule has 4 aromatic carbocycles. The molecule has 192 valence electrons. The van der Waals surface area contributed by atoms with E-state index < -0.39 is 0 Å². The molecule has 0 spiro atoms. The van der Waals surface area contributed by atoms with Crippen LogP contribution in [0, 0.1) is 5.82 Å². The van der Waals surface area contributed by atoms with Crippen LogP contribution in [0.15, 0.2) is 92.7 Å². The molecular formula is C29H20Br2FNO4S. The summed E-state index contributed by atoms with van der Waals surface area (Å²) < 4.78 is 26.9. The predicted molar refractivity (Wildman–Crippen MR) is 155 cm³/mol. The second-order valence-corrected chi connectivity index (χ2v) is 11.1. The second kappa shape index (κ2) is 11.7. The normalized spacial score (nSPS) is 14.5. The number of benzene rings is 4. The van der Waals surface area contributed by atoms with Crippen molar-refractivity contribution in [1.29, 1.82) is 0 Å². The molecule has 9 heteroatoms. The SMILES string of the molecule is O=C1S/C(=C\c2cc(Br)c(OCc3ccccc3F)c(Br)c2)C(=O)N1CCOc1cccc2ccccc12. The molecule has 1 fully saturated rings. The van der Waals surface area contributed by atoms with Crippen LogP contribution in [0.4, 0.5) is 9.18 Å². The molecule has 0 unspecified atom stereocenters. The molecule has 0 atom stereocenters. The molecule has 1 aliphatic heterocycles. The van der Waals surface area contributed by atoms with Crippen LogP contribution in [0.25, 0.3) is 16.8 Å². The van der Waals surface area contributed by atoms with E-state index in [1.807, 2.05) is 42.5 Å². The van der Waals surface area contributed by atoms with Crippen LogP contribution in [0.3, 0.4) is 0 Å². The molecule has 0 saturated carbocycles. The van der Waals surface area contributed by atoms with E-state index >= 15 is 0 Å². The van der Waals surface area contributed by atoms with E-state index in [0.717, 1.165) is 22.5 Å². The summed E-state index contributed by atoms with van der Waals surface area (Å²) in [6, 6.07) is 23.6. The molecule has 2 amide bonds. The average Bonchev–Trinajstić information content (AvgIpc) is 3.16. The Balaban J connectivity index is 1.24. The summed E-state index contributed by atoms with van der Waals surface area (Å²) in [7, 11) is 0. The number of hydrogen-bond donors (Lipinski definition) is 0. The highest BCUT2D eigenvalue weighted by Gasteiger charge is 2.35. The monoisotopic (exact) mass is 655 g/mol. The molecule has 5 nitrogen and oxygen atoms in total. The molecule has 4 aromatic rings. The third-order valence-corrected chi connectivity index (χ3v) is 7.93. The molecule has 0 aromatic heterocycles. The Bertz CT molecular complexity index is 1550. The third-order valence-electron chi connectivity index (χ3n) is 5.84. The average molecular weight is 657 g/mol. The lowest BCUT2D eigenvalue weighted by Gasteiger charge is -2.14. The molecule has 0 radical (unpaired) electrons. The van der Waals surface area contributed by atoms with Gasteiger partial charge in [0.25, 0.3) is 11.1 Å². The first-order valence-corrected chi connectivity index (χ1v) is 14.0. The van der Waals surface area contributed by atoms with Gasteiger partial charge in [0.1, 0.15) is 30.5 Å². The van der Waals surface area contributed by atoms with Crippen molar-refractivity contribution in [2.24, 2.45) is 0 Å². The number of rotatable bonds is 8. The zero-order chi connectivity index (χ0) is 26.6. The maximum Gasteiger partial charge on any atom is 0.293 e. The lowest BCUT2D eigenvalue weighted by atomic mass is 10.1. The van der Waals surface area contributed by atoms with E-state index in [9.17, 15) is 14.0 Å². The Morgan fingerprint density at radius 1 is 0.895 bits per heavy atom. The highest BCUT2D eigenvalue weighted by atomic mass is 79.9. The first-order chi connectivity index (χ1) is 18.4. The number of carbonyl (C=O) groups is 2. The smallest absolute Gasteiger partial charge is 0.293 e. The minimum Gasteiger partial charge on any atom is -0.491 e. The molecular weight excluding hydrogens is 637 g/mol. The Morgan fingerprint density at radius 3 is 2.39 bits per heavy atom. The van der Waals surface area contributed by atoms with Gasteiger partial charge < -0.3 is 9.47 Å². The van der Waals surface area contributed by atoms with Crippen LogP contribution in [0.5, 0.6) is 11.5 Å². The topological polar surface area (TPSA) is 55.8 Å². The molecule has 1 saturated heterocycles. The summed E-state index contributed by atoms with van der Waals surface area (Å²) in [5.41, 5.74) is 1.13. The number of ether oxygens (including phenoxy) is 2. The van der Waals surface area contributed by atoms with E-state index in [2.05, 4.69) is 31.9 Å². The van der Waals surface area contributed by atoms with E-state index in [1.165, 1.54) is 11.0 Å². The van der Waals surface area contributed by atoms with Gasteiger partial charge in [0, 0.05) is 10.9 Å². The number of fused-ring (bicyclic) bond motifs is 1. The van der Waals surface area contributed by atoms with E-state index in [0.29, 0.717) is 36.5 Å². The Kier molecular flexibility index (Phi) is 8.16. The van der Waals surface area contributed by atoms with Crippen molar-refractivity contribution >= 4 is 71.6 Å². The maximum atomic E-state index is 13.9. The van der Waals surface area contributed by atoms with E-state index in [-0.39, 0.29) is 36.7 Å². The fraction of sp³-hybridized carbons (Fsp3) is 0.103. The third kappa shape index (κ3) is 5.80.